The molecule has 2 atom stereocenters. The Morgan fingerprint density at radius 2 is 1.95 bits per heavy atom. The number of nitrogens with zero attached hydrogens (tertiary/aromatic N) is 1. The Bertz CT molecular complexity index is 495. The van der Waals surface area contributed by atoms with Crippen LogP contribution in [0.1, 0.15) is 18.0 Å². The normalized spacial score (nSPS) is 20.1. The monoisotopic (exact) mass is 362 g/mol. The van der Waals surface area contributed by atoms with Crippen LogP contribution in [0.25, 0.3) is 0 Å². The summed E-state index contributed by atoms with van der Waals surface area (Å²) in [5, 5.41) is 9.01. The lowest BCUT2D eigenvalue weighted by Crippen LogP contribution is -2.37. The van der Waals surface area contributed by atoms with Crippen LogP contribution in [0.5, 0.6) is 0 Å². The van der Waals surface area contributed by atoms with Crippen molar-refractivity contribution in [3.05, 3.63) is 34.3 Å². The van der Waals surface area contributed by atoms with Crippen molar-refractivity contribution in [1.29, 1.82) is 0 Å². The third-order valence-corrected chi connectivity index (χ3v) is 3.92. The fraction of sp³-hybridized carbons (Fsp3) is 0.385. The van der Waals surface area contributed by atoms with E-state index >= 15 is 0 Å². The van der Waals surface area contributed by atoms with E-state index in [9.17, 15) is 9.59 Å². The lowest BCUT2D eigenvalue weighted by atomic mass is 10.1. The van der Waals surface area contributed by atoms with Gasteiger partial charge in [-0.1, -0.05) is 28.1 Å². The van der Waals surface area contributed by atoms with Gasteiger partial charge in [-0.25, -0.2) is 0 Å². The van der Waals surface area contributed by atoms with E-state index < -0.39 is 23.8 Å². The largest absolute Gasteiger partial charge is 0.481 e. The molecule has 0 saturated carbocycles. The minimum atomic E-state index is -0.818. The summed E-state index contributed by atoms with van der Waals surface area (Å²) in [6.45, 7) is 0.930. The number of carbonyl (C=O) groups excluding carboxylic acids is 1. The molecule has 2 rings (SSSR count). The first-order valence-electron chi connectivity index (χ1n) is 6.00. The molecule has 7 heteroatoms. The number of rotatable bonds is 4. The van der Waals surface area contributed by atoms with E-state index in [1.54, 1.807) is 0 Å². The quantitative estimate of drug-likeness (QED) is 0.854. The topological polar surface area (TPSA) is 83.6 Å². The highest BCUT2D eigenvalue weighted by molar-refractivity contribution is 9.10. The van der Waals surface area contributed by atoms with E-state index in [1.807, 2.05) is 29.2 Å². The Kier molecular flexibility index (Phi) is 5.98. The molecule has 0 aliphatic carbocycles. The van der Waals surface area contributed by atoms with Crippen LogP contribution in [0, 0.1) is 5.92 Å². The van der Waals surface area contributed by atoms with Gasteiger partial charge in [0.15, 0.2) is 0 Å². The number of carboxylic acid groups (broad SMARTS) is 1. The maximum absolute atomic E-state index is 11.7. The molecule has 0 aromatic heterocycles. The zero-order valence-electron chi connectivity index (χ0n) is 10.7. The summed E-state index contributed by atoms with van der Waals surface area (Å²) in [6, 6.07) is 6.78. The third-order valence-electron chi connectivity index (χ3n) is 3.39. The van der Waals surface area contributed by atoms with Crippen LogP contribution in [0.15, 0.2) is 28.7 Å². The molecule has 5 nitrogen and oxygen atoms in total. The summed E-state index contributed by atoms with van der Waals surface area (Å²) in [5.74, 6) is -1.69. The van der Waals surface area contributed by atoms with Gasteiger partial charge in [-0.15, -0.1) is 12.4 Å². The molecule has 1 aliphatic rings. The number of carboxylic acids is 1. The molecule has 3 N–H and O–H groups in total. The molecule has 1 fully saturated rings. The number of hydrogen-bond acceptors (Lipinski definition) is 3. The second-order valence-electron chi connectivity index (χ2n) is 4.68. The smallest absolute Gasteiger partial charge is 0.307 e. The number of primary amides is 1. The highest BCUT2D eigenvalue weighted by Gasteiger charge is 2.35. The van der Waals surface area contributed by atoms with E-state index in [2.05, 4.69) is 15.9 Å². The summed E-state index contributed by atoms with van der Waals surface area (Å²) in [5.41, 5.74) is 6.26. The lowest BCUT2D eigenvalue weighted by molar-refractivity contribution is -0.141. The van der Waals surface area contributed by atoms with Crippen molar-refractivity contribution >= 4 is 40.2 Å². The molecule has 110 valence electrons. The second kappa shape index (κ2) is 7.06. The Morgan fingerprint density at radius 1 is 1.35 bits per heavy atom. The van der Waals surface area contributed by atoms with Crippen LogP contribution in [0.3, 0.4) is 0 Å². The Hall–Kier alpha value is -1.11. The zero-order valence-corrected chi connectivity index (χ0v) is 13.1. The molecule has 1 saturated heterocycles. The minimum Gasteiger partial charge on any atom is -0.481 e. The summed E-state index contributed by atoms with van der Waals surface area (Å²) in [6.07, 6.45) is 0.551. The second-order valence-corrected chi connectivity index (χ2v) is 5.59. The van der Waals surface area contributed by atoms with Crippen molar-refractivity contribution in [3.8, 4) is 0 Å². The predicted octanol–water partition coefficient (Wildman–Crippen LogP) is 1.80. The van der Waals surface area contributed by atoms with Gasteiger partial charge in [-0.3, -0.25) is 14.5 Å². The van der Waals surface area contributed by atoms with Crippen LogP contribution in [0.2, 0.25) is 0 Å². The maximum Gasteiger partial charge on any atom is 0.307 e. The summed E-state index contributed by atoms with van der Waals surface area (Å²) >= 11 is 3.34. The van der Waals surface area contributed by atoms with E-state index in [0.29, 0.717) is 19.5 Å². The van der Waals surface area contributed by atoms with Gasteiger partial charge in [0.1, 0.15) is 6.04 Å². The number of likely N-dealkylation sites (tertiary alicyclic amines) is 1. The first-order chi connectivity index (χ1) is 8.99. The third kappa shape index (κ3) is 3.71. The Morgan fingerprint density at radius 3 is 2.40 bits per heavy atom. The van der Waals surface area contributed by atoms with Crippen molar-refractivity contribution in [2.24, 2.45) is 11.7 Å². The van der Waals surface area contributed by atoms with Gasteiger partial charge in [-0.05, 0) is 24.1 Å². The number of aliphatic carboxylic acids is 1. The molecule has 1 aromatic carbocycles. The van der Waals surface area contributed by atoms with Gasteiger partial charge < -0.3 is 10.8 Å². The van der Waals surface area contributed by atoms with Gasteiger partial charge in [0.05, 0.1) is 5.92 Å². The highest BCUT2D eigenvalue weighted by Crippen LogP contribution is 2.28. The van der Waals surface area contributed by atoms with Crippen LogP contribution >= 0.6 is 28.3 Å². The van der Waals surface area contributed by atoms with E-state index in [0.717, 1.165) is 10.0 Å². The average Bonchev–Trinajstić information content (AvgIpc) is 2.81. The molecule has 1 amide bonds. The predicted molar refractivity (Wildman–Crippen MR) is 80.6 cm³/mol. The molecule has 0 radical (unpaired) electrons. The van der Waals surface area contributed by atoms with Crippen LogP contribution in [-0.2, 0) is 9.59 Å². The van der Waals surface area contributed by atoms with Crippen LogP contribution < -0.4 is 5.73 Å². The number of amides is 1. The molecule has 2 unspecified atom stereocenters. The summed E-state index contributed by atoms with van der Waals surface area (Å²) < 4.78 is 0.921. The number of nitrogens with two attached hydrogens (primary N) is 1. The molecule has 1 aromatic rings. The van der Waals surface area contributed by atoms with Gasteiger partial charge >= 0.3 is 5.97 Å². The molecular weight excluding hydrogens is 348 g/mol. The van der Waals surface area contributed by atoms with Gasteiger partial charge in [0.25, 0.3) is 0 Å². The Balaban J connectivity index is 0.00000200. The van der Waals surface area contributed by atoms with E-state index in [-0.39, 0.29) is 12.4 Å². The van der Waals surface area contributed by atoms with Gasteiger partial charge in [-0.2, -0.15) is 0 Å². The van der Waals surface area contributed by atoms with E-state index in [4.69, 9.17) is 10.8 Å². The number of halogens is 2. The number of benzene rings is 1. The van der Waals surface area contributed by atoms with Crippen molar-refractivity contribution in [2.75, 3.05) is 13.1 Å². The fourth-order valence-corrected chi connectivity index (χ4v) is 2.69. The molecular formula is C13H16BrClN2O3. The van der Waals surface area contributed by atoms with Gasteiger partial charge in [0.2, 0.25) is 5.91 Å². The highest BCUT2D eigenvalue weighted by atomic mass is 79.9. The van der Waals surface area contributed by atoms with E-state index in [1.165, 1.54) is 0 Å². The summed E-state index contributed by atoms with van der Waals surface area (Å²) in [7, 11) is 0. The zero-order chi connectivity index (χ0) is 14.0. The van der Waals surface area contributed by atoms with Crippen molar-refractivity contribution in [2.45, 2.75) is 12.5 Å². The fourth-order valence-electron chi connectivity index (χ4n) is 2.42. The molecule has 20 heavy (non-hydrogen) atoms. The first-order valence-corrected chi connectivity index (χ1v) is 6.80. The standard InChI is InChI=1S/C13H15BrN2O3.ClH/c14-10-3-1-8(2-4-10)11(12(15)17)16-6-5-9(7-16)13(18)19;/h1-4,9,11H,5-7H2,(H2,15,17)(H,18,19);1H. The van der Waals surface area contributed by atoms with Crippen LogP contribution in [-0.4, -0.2) is 35.0 Å². The van der Waals surface area contributed by atoms with Crippen LogP contribution in [0.4, 0.5) is 0 Å². The Labute approximate surface area is 131 Å². The molecule has 1 aliphatic heterocycles. The molecule has 0 bridgehead atoms. The van der Waals surface area contributed by atoms with Crippen molar-refractivity contribution in [1.82, 2.24) is 4.90 Å². The summed E-state index contributed by atoms with van der Waals surface area (Å²) in [4.78, 5) is 24.5. The van der Waals surface area contributed by atoms with Crippen molar-refractivity contribution < 1.29 is 14.7 Å². The van der Waals surface area contributed by atoms with Crippen molar-refractivity contribution in [3.63, 3.8) is 0 Å². The minimum absolute atomic E-state index is 0. The number of carbonyl (C=O) groups is 2. The average molecular weight is 364 g/mol. The van der Waals surface area contributed by atoms with Gasteiger partial charge in [0, 0.05) is 17.6 Å². The SMILES string of the molecule is Cl.NC(=O)C(c1ccc(Br)cc1)N1CCC(C(=O)O)C1. The maximum atomic E-state index is 11.7. The first kappa shape index (κ1) is 16.9. The number of hydrogen-bond donors (Lipinski definition) is 2. The molecule has 0 spiro atoms. The molecule has 1 heterocycles. The lowest BCUT2D eigenvalue weighted by Gasteiger charge is -2.25.